The van der Waals surface area contributed by atoms with E-state index in [1.54, 1.807) is 0 Å². The van der Waals surface area contributed by atoms with Gasteiger partial charge < -0.3 is 0 Å². The zero-order chi connectivity index (χ0) is 8.69. The first-order valence-electron chi connectivity index (χ1n) is 3.78. The van der Waals surface area contributed by atoms with Crippen molar-refractivity contribution in [3.8, 4) is 0 Å². The van der Waals surface area contributed by atoms with Crippen LogP contribution >= 0.6 is 0 Å². The van der Waals surface area contributed by atoms with Crippen molar-refractivity contribution in [2.75, 3.05) is 13.1 Å². The number of nitrogens with zero attached hydrogens (tertiary/aromatic N) is 1. The van der Waals surface area contributed by atoms with E-state index in [1.807, 2.05) is 13.8 Å². The summed E-state index contributed by atoms with van der Waals surface area (Å²) in [6, 6.07) is 0. The largest absolute Gasteiger partial charge is 0.273 e. The third kappa shape index (κ3) is 6.28. The maximum Gasteiger partial charge on any atom is 0.273 e. The Morgan fingerprint density at radius 3 is 1.91 bits per heavy atom. The van der Waals surface area contributed by atoms with E-state index in [9.17, 15) is 8.42 Å². The van der Waals surface area contributed by atoms with E-state index in [2.05, 4.69) is 4.28 Å². The van der Waals surface area contributed by atoms with Crippen molar-refractivity contribution in [2.45, 2.75) is 26.7 Å². The Morgan fingerprint density at radius 2 is 1.64 bits per heavy atom. The molecule has 0 amide bonds. The summed E-state index contributed by atoms with van der Waals surface area (Å²) in [6.45, 7) is 5.28. The minimum absolute atomic E-state index is 0.664. The van der Waals surface area contributed by atoms with Crippen LogP contribution < -0.4 is 0 Å². The molecule has 0 rings (SSSR count). The summed E-state index contributed by atoms with van der Waals surface area (Å²) in [7, 11) is -2.74. The van der Waals surface area contributed by atoms with E-state index < -0.39 is 11.0 Å². The molecular weight excluding hydrogens is 166 g/mol. The van der Waals surface area contributed by atoms with Gasteiger partial charge in [0.05, 0.1) is 0 Å². The van der Waals surface area contributed by atoms with Crippen molar-refractivity contribution < 1.29 is 12.7 Å². The maximum absolute atomic E-state index is 10.1. The van der Waals surface area contributed by atoms with Gasteiger partial charge in [0.15, 0.2) is 0 Å². The molecule has 0 aromatic carbocycles. The van der Waals surface area contributed by atoms with E-state index in [0.717, 1.165) is 12.8 Å². The molecule has 0 heterocycles. The highest BCUT2D eigenvalue weighted by Gasteiger charge is 2.02. The van der Waals surface area contributed by atoms with E-state index in [-0.39, 0.29) is 0 Å². The molecule has 0 aromatic heterocycles. The molecule has 0 unspecified atom stereocenters. The lowest BCUT2D eigenvalue weighted by molar-refractivity contribution is -0.0461. The van der Waals surface area contributed by atoms with Crippen LogP contribution in [-0.4, -0.2) is 26.6 Å². The molecule has 0 aliphatic carbocycles. The minimum atomic E-state index is -2.74. The quantitative estimate of drug-likeness (QED) is 0.480. The standard InChI is InChI=1S/C6H15NO3S/c1-3-5-7(6-4-2)10-11(8)9/h11H,3-6H2,1-2H3. The van der Waals surface area contributed by atoms with E-state index in [1.165, 1.54) is 5.06 Å². The molecule has 0 saturated heterocycles. The molecule has 68 valence electrons. The topological polar surface area (TPSA) is 46.6 Å². The third-order valence-electron chi connectivity index (χ3n) is 1.13. The number of hydrogen-bond acceptors (Lipinski definition) is 4. The Kier molecular flexibility index (Phi) is 6.49. The monoisotopic (exact) mass is 181 g/mol. The predicted octanol–water partition coefficient (Wildman–Crippen LogP) is 0.566. The Hall–Kier alpha value is -0.130. The molecule has 0 atom stereocenters. The van der Waals surface area contributed by atoms with Crippen LogP contribution in [0.15, 0.2) is 0 Å². The molecule has 0 radical (unpaired) electrons. The van der Waals surface area contributed by atoms with Crippen LogP contribution in [0.5, 0.6) is 0 Å². The van der Waals surface area contributed by atoms with Gasteiger partial charge in [-0.1, -0.05) is 13.8 Å². The lowest BCUT2D eigenvalue weighted by Crippen LogP contribution is -2.25. The lowest BCUT2D eigenvalue weighted by atomic mass is 10.4. The van der Waals surface area contributed by atoms with Gasteiger partial charge in [-0.3, -0.25) is 0 Å². The number of hydrogen-bond donors (Lipinski definition) is 1. The maximum atomic E-state index is 10.1. The van der Waals surface area contributed by atoms with Crippen LogP contribution in [0.3, 0.4) is 0 Å². The zero-order valence-electron chi connectivity index (χ0n) is 6.95. The average molecular weight is 181 g/mol. The first-order valence-corrected chi connectivity index (χ1v) is 4.87. The Bertz CT molecular complexity index is 144. The molecular formula is C6H15NO3S. The number of thiol groups is 1. The van der Waals surface area contributed by atoms with Gasteiger partial charge in [-0.15, -0.1) is 0 Å². The molecule has 4 nitrogen and oxygen atoms in total. The highest BCUT2D eigenvalue weighted by Crippen LogP contribution is 1.94. The SMILES string of the molecule is CCCN(CCC)O[SH](=O)=O. The first kappa shape index (κ1) is 10.9. The van der Waals surface area contributed by atoms with E-state index in [0.29, 0.717) is 13.1 Å². The van der Waals surface area contributed by atoms with Gasteiger partial charge in [0.1, 0.15) is 0 Å². The summed E-state index contributed by atoms with van der Waals surface area (Å²) in [5.41, 5.74) is 0. The molecule has 0 bridgehead atoms. The van der Waals surface area contributed by atoms with Gasteiger partial charge >= 0.3 is 0 Å². The van der Waals surface area contributed by atoms with Crippen molar-refractivity contribution in [3.63, 3.8) is 0 Å². The van der Waals surface area contributed by atoms with Crippen LogP contribution in [0.4, 0.5) is 0 Å². The second-order valence-electron chi connectivity index (χ2n) is 2.23. The van der Waals surface area contributed by atoms with E-state index in [4.69, 9.17) is 0 Å². The lowest BCUT2D eigenvalue weighted by Gasteiger charge is -2.15. The molecule has 11 heavy (non-hydrogen) atoms. The second-order valence-corrected chi connectivity index (χ2v) is 2.84. The van der Waals surface area contributed by atoms with Crippen molar-refractivity contribution in [2.24, 2.45) is 0 Å². The Labute approximate surface area is 69.3 Å². The molecule has 0 aliphatic heterocycles. The van der Waals surface area contributed by atoms with Gasteiger partial charge in [0.2, 0.25) is 0 Å². The molecule has 0 aliphatic rings. The van der Waals surface area contributed by atoms with Gasteiger partial charge in [0.25, 0.3) is 11.0 Å². The van der Waals surface area contributed by atoms with Crippen molar-refractivity contribution in [1.29, 1.82) is 0 Å². The van der Waals surface area contributed by atoms with Crippen LogP contribution in [-0.2, 0) is 15.3 Å². The number of hydroxylamine groups is 2. The number of rotatable bonds is 6. The smallest absolute Gasteiger partial charge is 0.201 e. The fourth-order valence-corrected chi connectivity index (χ4v) is 1.14. The van der Waals surface area contributed by atoms with Crippen molar-refractivity contribution in [3.05, 3.63) is 0 Å². The van der Waals surface area contributed by atoms with Gasteiger partial charge in [-0.2, -0.15) is 9.35 Å². The second kappa shape index (κ2) is 6.57. The fraction of sp³-hybridized carbons (Fsp3) is 1.00. The summed E-state index contributed by atoms with van der Waals surface area (Å²) in [6.07, 6.45) is 1.78. The van der Waals surface area contributed by atoms with Crippen molar-refractivity contribution >= 4 is 11.0 Å². The average Bonchev–Trinajstić information content (AvgIpc) is 1.87. The van der Waals surface area contributed by atoms with Crippen LogP contribution in [0.2, 0.25) is 0 Å². The molecule has 0 spiro atoms. The first-order chi connectivity index (χ1) is 5.20. The highest BCUT2D eigenvalue weighted by molar-refractivity contribution is 7.67. The molecule has 0 aromatic rings. The fourth-order valence-electron chi connectivity index (χ4n) is 0.787. The molecule has 0 N–H and O–H groups in total. The van der Waals surface area contributed by atoms with Gasteiger partial charge in [-0.25, -0.2) is 8.42 Å². The summed E-state index contributed by atoms with van der Waals surface area (Å²) >= 11 is 0. The summed E-state index contributed by atoms with van der Waals surface area (Å²) in [5.74, 6) is 0. The van der Waals surface area contributed by atoms with Crippen LogP contribution in [0, 0.1) is 0 Å². The third-order valence-corrected chi connectivity index (χ3v) is 1.49. The summed E-state index contributed by atoms with van der Waals surface area (Å²) in [4.78, 5) is 0. The molecule has 0 fully saturated rings. The van der Waals surface area contributed by atoms with Gasteiger partial charge in [0, 0.05) is 13.1 Å². The molecule has 0 saturated carbocycles. The van der Waals surface area contributed by atoms with Crippen LogP contribution in [0.1, 0.15) is 26.7 Å². The highest BCUT2D eigenvalue weighted by atomic mass is 32.2. The zero-order valence-corrected chi connectivity index (χ0v) is 7.84. The minimum Gasteiger partial charge on any atom is -0.201 e. The summed E-state index contributed by atoms with van der Waals surface area (Å²) < 4.78 is 24.8. The van der Waals surface area contributed by atoms with Crippen LogP contribution in [0.25, 0.3) is 0 Å². The predicted molar refractivity (Wildman–Crippen MR) is 43.6 cm³/mol. The van der Waals surface area contributed by atoms with E-state index >= 15 is 0 Å². The van der Waals surface area contributed by atoms with Crippen molar-refractivity contribution in [1.82, 2.24) is 5.06 Å². The Morgan fingerprint density at radius 1 is 1.18 bits per heavy atom. The molecule has 5 heteroatoms. The van der Waals surface area contributed by atoms with Gasteiger partial charge in [-0.05, 0) is 12.8 Å². The normalized spacial score (nSPS) is 11.3. The summed E-state index contributed by atoms with van der Waals surface area (Å²) in [5, 5.41) is 1.46. The Balaban J connectivity index is 3.68.